The molecule has 0 bridgehead atoms. The Labute approximate surface area is 97.2 Å². The molecule has 0 aromatic rings. The summed E-state index contributed by atoms with van der Waals surface area (Å²) in [6.45, 7) is -0.288. The molecule has 0 amide bonds. The van der Waals surface area contributed by atoms with E-state index in [-0.39, 0.29) is 12.4 Å². The third kappa shape index (κ3) is 4.49. The van der Waals surface area contributed by atoms with Gasteiger partial charge in [0, 0.05) is 13.1 Å². The van der Waals surface area contributed by atoms with Crippen molar-refractivity contribution in [3.05, 3.63) is 0 Å². The molecule has 17 heavy (non-hydrogen) atoms. The fourth-order valence-electron chi connectivity index (χ4n) is 1.60. The second-order valence-electron chi connectivity index (χ2n) is 4.05. The predicted octanol–water partition coefficient (Wildman–Crippen LogP) is 2.37. The van der Waals surface area contributed by atoms with Crippen molar-refractivity contribution in [1.82, 2.24) is 4.90 Å². The van der Waals surface area contributed by atoms with Crippen LogP contribution in [-0.2, 0) is 4.74 Å². The molecule has 0 radical (unpaired) electrons. The van der Waals surface area contributed by atoms with E-state index in [1.165, 1.54) is 0 Å². The van der Waals surface area contributed by atoms with Gasteiger partial charge in [-0.25, -0.2) is 8.78 Å². The zero-order chi connectivity index (χ0) is 12.9. The molecule has 0 aromatic heterocycles. The fourth-order valence-corrected chi connectivity index (χ4v) is 1.60. The molecule has 1 saturated heterocycles. The highest BCUT2D eigenvalue weighted by Crippen LogP contribution is 2.22. The maximum absolute atomic E-state index is 12.5. The number of likely N-dealkylation sites (tertiary alicyclic amines) is 1. The lowest BCUT2D eigenvalue weighted by Gasteiger charge is -2.29. The predicted molar refractivity (Wildman–Crippen MR) is 54.9 cm³/mol. The van der Waals surface area contributed by atoms with E-state index >= 15 is 0 Å². The largest absolute Gasteiger partial charge is 0.367 e. The number of hydrogen-bond donors (Lipinski definition) is 1. The van der Waals surface area contributed by atoms with Gasteiger partial charge in [-0.2, -0.15) is 8.78 Å². The van der Waals surface area contributed by atoms with E-state index in [0.717, 1.165) is 19.3 Å². The molecule has 0 aromatic carbocycles. The lowest BCUT2D eigenvalue weighted by Crippen LogP contribution is -2.39. The summed E-state index contributed by atoms with van der Waals surface area (Å²) in [5.74, 6) is -4.06. The first kappa shape index (κ1) is 14.2. The van der Waals surface area contributed by atoms with Crippen molar-refractivity contribution in [3.63, 3.8) is 0 Å². The Hall–Kier alpha value is -0.850. The first-order valence-corrected chi connectivity index (χ1v) is 5.49. The normalized spacial score (nSPS) is 17.6. The summed E-state index contributed by atoms with van der Waals surface area (Å²) >= 11 is 0. The summed E-state index contributed by atoms with van der Waals surface area (Å²) in [5, 5.41) is 7.57. The molecule has 1 N–H and O–H groups in total. The number of hydrogen-bond acceptors (Lipinski definition) is 2. The van der Waals surface area contributed by atoms with Crippen molar-refractivity contribution >= 4 is 5.84 Å². The number of halogens is 4. The van der Waals surface area contributed by atoms with Crippen LogP contribution in [0.3, 0.4) is 0 Å². The Morgan fingerprint density at radius 3 is 2.35 bits per heavy atom. The van der Waals surface area contributed by atoms with Crippen LogP contribution in [0.1, 0.15) is 19.3 Å². The minimum atomic E-state index is -4.14. The van der Waals surface area contributed by atoms with Gasteiger partial charge in [0.25, 0.3) is 0 Å². The van der Waals surface area contributed by atoms with Gasteiger partial charge in [0.2, 0.25) is 0 Å². The van der Waals surface area contributed by atoms with Crippen LogP contribution in [0, 0.1) is 5.41 Å². The van der Waals surface area contributed by atoms with Crippen molar-refractivity contribution in [2.45, 2.75) is 31.6 Å². The molecule has 3 nitrogen and oxygen atoms in total. The highest BCUT2D eigenvalue weighted by atomic mass is 19.3. The number of piperidine rings is 1. The van der Waals surface area contributed by atoms with E-state index in [9.17, 15) is 17.6 Å². The maximum Gasteiger partial charge on any atom is 0.330 e. The Morgan fingerprint density at radius 2 is 1.82 bits per heavy atom. The van der Waals surface area contributed by atoms with Gasteiger partial charge < -0.3 is 9.64 Å². The van der Waals surface area contributed by atoms with Crippen LogP contribution in [0.25, 0.3) is 0 Å². The van der Waals surface area contributed by atoms with Crippen LogP contribution in [0.15, 0.2) is 0 Å². The number of rotatable bonds is 5. The SMILES string of the molecule is N=C(COCC(F)(F)C(F)F)N1CCCCC1. The molecule has 0 unspecified atom stereocenters. The molecule has 0 saturated carbocycles. The molecule has 100 valence electrons. The molecular formula is C10H16F4N2O. The van der Waals surface area contributed by atoms with Gasteiger partial charge in [0.1, 0.15) is 19.0 Å². The van der Waals surface area contributed by atoms with Crippen molar-refractivity contribution in [2.75, 3.05) is 26.3 Å². The highest BCUT2D eigenvalue weighted by molar-refractivity contribution is 5.80. The third-order valence-corrected chi connectivity index (χ3v) is 2.59. The Kier molecular flexibility index (Phi) is 5.17. The summed E-state index contributed by atoms with van der Waals surface area (Å²) in [7, 11) is 0. The van der Waals surface area contributed by atoms with Crippen LogP contribution >= 0.6 is 0 Å². The monoisotopic (exact) mass is 256 g/mol. The van der Waals surface area contributed by atoms with Crippen LogP contribution < -0.4 is 0 Å². The Morgan fingerprint density at radius 1 is 1.24 bits per heavy atom. The van der Waals surface area contributed by atoms with Crippen LogP contribution in [-0.4, -0.2) is 49.4 Å². The molecular weight excluding hydrogens is 240 g/mol. The number of alkyl halides is 4. The Balaban J connectivity index is 2.24. The molecule has 1 aliphatic rings. The summed E-state index contributed by atoms with van der Waals surface area (Å²) in [5.41, 5.74) is 0. The quantitative estimate of drug-likeness (QED) is 0.465. The number of amidine groups is 1. The van der Waals surface area contributed by atoms with Gasteiger partial charge in [0.15, 0.2) is 0 Å². The zero-order valence-corrected chi connectivity index (χ0v) is 9.39. The third-order valence-electron chi connectivity index (χ3n) is 2.59. The van der Waals surface area contributed by atoms with Crippen molar-refractivity contribution < 1.29 is 22.3 Å². The molecule has 0 spiro atoms. The average molecular weight is 256 g/mol. The smallest absolute Gasteiger partial charge is 0.330 e. The van der Waals surface area contributed by atoms with Gasteiger partial charge >= 0.3 is 12.3 Å². The van der Waals surface area contributed by atoms with Gasteiger partial charge in [-0.15, -0.1) is 0 Å². The second-order valence-corrected chi connectivity index (χ2v) is 4.05. The minimum absolute atomic E-state index is 0.0785. The van der Waals surface area contributed by atoms with Crippen molar-refractivity contribution in [2.24, 2.45) is 0 Å². The van der Waals surface area contributed by atoms with E-state index in [2.05, 4.69) is 4.74 Å². The summed E-state index contributed by atoms with van der Waals surface area (Å²) in [6, 6.07) is 0. The molecule has 7 heteroatoms. The van der Waals surface area contributed by atoms with E-state index in [1.54, 1.807) is 4.90 Å². The molecule has 1 heterocycles. The zero-order valence-electron chi connectivity index (χ0n) is 9.39. The Bertz CT molecular complexity index is 255. The molecule has 1 aliphatic heterocycles. The van der Waals surface area contributed by atoms with Crippen molar-refractivity contribution in [3.8, 4) is 0 Å². The van der Waals surface area contributed by atoms with Gasteiger partial charge in [-0.3, -0.25) is 5.41 Å². The topological polar surface area (TPSA) is 36.3 Å². The van der Waals surface area contributed by atoms with Crippen LogP contribution in [0.4, 0.5) is 17.6 Å². The summed E-state index contributed by atoms with van der Waals surface area (Å²) < 4.78 is 53.0. The molecule has 1 fully saturated rings. The van der Waals surface area contributed by atoms with E-state index < -0.39 is 19.0 Å². The second kappa shape index (κ2) is 6.18. The molecule has 0 atom stereocenters. The number of ether oxygens (including phenoxy) is 1. The molecule has 1 rings (SSSR count). The standard InChI is InChI=1S/C10H16F4N2O/c11-9(12)10(13,14)7-17-6-8(15)16-4-2-1-3-5-16/h9,15H,1-7H2. The first-order valence-electron chi connectivity index (χ1n) is 5.49. The van der Waals surface area contributed by atoms with Crippen LogP contribution in [0.5, 0.6) is 0 Å². The number of nitrogens with zero attached hydrogens (tertiary/aromatic N) is 1. The van der Waals surface area contributed by atoms with E-state index in [4.69, 9.17) is 5.41 Å². The maximum atomic E-state index is 12.5. The fraction of sp³-hybridized carbons (Fsp3) is 0.900. The first-order chi connectivity index (χ1) is 7.93. The van der Waals surface area contributed by atoms with E-state index in [1.807, 2.05) is 0 Å². The van der Waals surface area contributed by atoms with Gasteiger partial charge in [0.05, 0.1) is 0 Å². The van der Waals surface area contributed by atoms with Gasteiger partial charge in [-0.05, 0) is 19.3 Å². The lowest BCUT2D eigenvalue weighted by atomic mass is 10.1. The highest BCUT2D eigenvalue weighted by Gasteiger charge is 2.41. The van der Waals surface area contributed by atoms with E-state index in [0.29, 0.717) is 13.1 Å². The van der Waals surface area contributed by atoms with Crippen LogP contribution in [0.2, 0.25) is 0 Å². The van der Waals surface area contributed by atoms with Gasteiger partial charge in [-0.1, -0.05) is 0 Å². The molecule has 0 aliphatic carbocycles. The lowest BCUT2D eigenvalue weighted by molar-refractivity contribution is -0.162. The average Bonchev–Trinajstić information content (AvgIpc) is 2.29. The van der Waals surface area contributed by atoms with Crippen molar-refractivity contribution in [1.29, 1.82) is 5.41 Å². The minimum Gasteiger partial charge on any atom is -0.367 e. The summed E-state index contributed by atoms with van der Waals surface area (Å²) in [6.07, 6.45) is -0.731. The number of nitrogens with one attached hydrogen (secondary N) is 1. The summed E-state index contributed by atoms with van der Waals surface area (Å²) in [4.78, 5) is 1.73.